The first-order chi connectivity index (χ1) is 14.4. The second kappa shape index (κ2) is 9.49. The third-order valence-electron chi connectivity index (χ3n) is 4.54. The largest absolute Gasteiger partial charge is 0.495 e. The highest BCUT2D eigenvalue weighted by Gasteiger charge is 2.19. The molecule has 1 N–H and O–H groups in total. The van der Waals surface area contributed by atoms with E-state index in [-0.39, 0.29) is 15.9 Å². The van der Waals surface area contributed by atoms with Crippen LogP contribution in [-0.2, 0) is 25.0 Å². The highest BCUT2D eigenvalue weighted by atomic mass is 32.2. The number of esters is 1. The molecule has 0 radical (unpaired) electrons. The van der Waals surface area contributed by atoms with E-state index in [4.69, 9.17) is 9.47 Å². The molecule has 2 aromatic carbocycles. The number of hydrogen-bond acceptors (Lipinski definition) is 6. The smallest absolute Gasteiger partial charge is 0.338 e. The molecule has 0 aliphatic rings. The summed E-state index contributed by atoms with van der Waals surface area (Å²) in [5.41, 5.74) is 1.50. The maximum Gasteiger partial charge on any atom is 0.338 e. The molecule has 0 aromatic heterocycles. The van der Waals surface area contributed by atoms with E-state index in [2.05, 4.69) is 26.1 Å². The molecule has 2 aromatic rings. The quantitative estimate of drug-likeness (QED) is 0.653. The van der Waals surface area contributed by atoms with Crippen LogP contribution in [0.2, 0.25) is 0 Å². The summed E-state index contributed by atoms with van der Waals surface area (Å²) in [6, 6.07) is 10.8. The van der Waals surface area contributed by atoms with E-state index < -0.39 is 28.5 Å². The van der Waals surface area contributed by atoms with E-state index in [1.165, 1.54) is 45.5 Å². The number of amides is 1. The molecule has 9 heteroatoms. The van der Waals surface area contributed by atoms with Crippen LogP contribution in [0.15, 0.2) is 47.4 Å². The summed E-state index contributed by atoms with van der Waals surface area (Å²) in [5, 5.41) is 2.70. The lowest BCUT2D eigenvalue weighted by molar-refractivity contribution is -0.119. The first-order valence-electron chi connectivity index (χ1n) is 9.54. The second-order valence-corrected chi connectivity index (χ2v) is 10.3. The minimum Gasteiger partial charge on any atom is -0.495 e. The van der Waals surface area contributed by atoms with E-state index in [0.717, 1.165) is 9.87 Å². The zero-order valence-corrected chi connectivity index (χ0v) is 19.4. The fourth-order valence-corrected chi connectivity index (χ4v) is 3.55. The summed E-state index contributed by atoms with van der Waals surface area (Å²) in [6.45, 7) is 5.66. The van der Waals surface area contributed by atoms with Crippen LogP contribution in [0.3, 0.4) is 0 Å². The van der Waals surface area contributed by atoms with Gasteiger partial charge in [0, 0.05) is 14.1 Å². The number of sulfonamides is 1. The number of nitrogens with one attached hydrogen (secondary N) is 1. The van der Waals surface area contributed by atoms with Gasteiger partial charge in [0.25, 0.3) is 5.91 Å². The number of hydrogen-bond donors (Lipinski definition) is 1. The van der Waals surface area contributed by atoms with Crippen LogP contribution in [0, 0.1) is 0 Å². The number of rotatable bonds is 7. The van der Waals surface area contributed by atoms with Gasteiger partial charge in [-0.3, -0.25) is 4.79 Å². The molecule has 2 rings (SSSR count). The highest BCUT2D eigenvalue weighted by Crippen LogP contribution is 2.31. The molecule has 31 heavy (non-hydrogen) atoms. The lowest BCUT2D eigenvalue weighted by Crippen LogP contribution is -2.23. The lowest BCUT2D eigenvalue weighted by Gasteiger charge is -2.21. The van der Waals surface area contributed by atoms with Crippen molar-refractivity contribution >= 4 is 27.6 Å². The fourth-order valence-electron chi connectivity index (χ4n) is 2.65. The summed E-state index contributed by atoms with van der Waals surface area (Å²) in [5.74, 6) is -0.769. The molecule has 0 saturated heterocycles. The number of anilines is 1. The first kappa shape index (κ1) is 24.4. The summed E-state index contributed by atoms with van der Waals surface area (Å²) in [6.07, 6.45) is 0. The summed E-state index contributed by atoms with van der Waals surface area (Å²) in [4.78, 5) is 24.6. The van der Waals surface area contributed by atoms with Crippen LogP contribution in [0.4, 0.5) is 5.69 Å². The number of benzene rings is 2. The van der Waals surface area contributed by atoms with Crippen molar-refractivity contribution in [3.63, 3.8) is 0 Å². The molecular weight excluding hydrogens is 420 g/mol. The summed E-state index contributed by atoms with van der Waals surface area (Å²) in [7, 11) is 0.745. The SMILES string of the molecule is COc1ccc(C(C)(C)C)cc1NC(=O)COC(=O)c1ccc(S(=O)(=O)N(C)C)cc1. The van der Waals surface area contributed by atoms with Crippen LogP contribution in [0.25, 0.3) is 0 Å². The Hall–Kier alpha value is -2.91. The van der Waals surface area contributed by atoms with Crippen molar-refractivity contribution in [2.75, 3.05) is 33.1 Å². The minimum atomic E-state index is -3.60. The molecule has 0 spiro atoms. The number of ether oxygens (including phenoxy) is 2. The van der Waals surface area contributed by atoms with Gasteiger partial charge in [0.15, 0.2) is 6.61 Å². The van der Waals surface area contributed by atoms with Crippen LogP contribution < -0.4 is 10.1 Å². The Morgan fingerprint density at radius 1 is 1.03 bits per heavy atom. The van der Waals surface area contributed by atoms with Crippen molar-refractivity contribution in [2.24, 2.45) is 0 Å². The monoisotopic (exact) mass is 448 g/mol. The van der Waals surface area contributed by atoms with Crippen molar-refractivity contribution in [3.05, 3.63) is 53.6 Å². The van der Waals surface area contributed by atoms with Crippen molar-refractivity contribution in [1.82, 2.24) is 4.31 Å². The predicted octanol–water partition coefficient (Wildman–Crippen LogP) is 3.04. The van der Waals surface area contributed by atoms with E-state index in [9.17, 15) is 18.0 Å². The van der Waals surface area contributed by atoms with Crippen molar-refractivity contribution < 1.29 is 27.5 Å². The van der Waals surface area contributed by atoms with Gasteiger partial charge in [-0.15, -0.1) is 0 Å². The normalized spacial score (nSPS) is 11.8. The highest BCUT2D eigenvalue weighted by molar-refractivity contribution is 7.89. The zero-order valence-electron chi connectivity index (χ0n) is 18.6. The molecule has 8 nitrogen and oxygen atoms in total. The molecule has 0 atom stereocenters. The average molecular weight is 449 g/mol. The Balaban J connectivity index is 2.04. The minimum absolute atomic E-state index is 0.0534. The van der Waals surface area contributed by atoms with Crippen LogP contribution >= 0.6 is 0 Å². The molecular formula is C22H28N2O6S. The van der Waals surface area contributed by atoms with Gasteiger partial charge in [-0.1, -0.05) is 26.8 Å². The zero-order chi connectivity index (χ0) is 23.4. The van der Waals surface area contributed by atoms with E-state index in [1.807, 2.05) is 12.1 Å². The van der Waals surface area contributed by atoms with E-state index >= 15 is 0 Å². The Bertz CT molecular complexity index is 1050. The van der Waals surface area contributed by atoms with Gasteiger partial charge in [0.2, 0.25) is 10.0 Å². The Morgan fingerprint density at radius 3 is 2.16 bits per heavy atom. The second-order valence-electron chi connectivity index (χ2n) is 8.10. The molecule has 0 fully saturated rings. The van der Waals surface area contributed by atoms with E-state index in [0.29, 0.717) is 11.4 Å². The summed E-state index contributed by atoms with van der Waals surface area (Å²) >= 11 is 0. The third-order valence-corrected chi connectivity index (χ3v) is 6.37. The third kappa shape index (κ3) is 6.05. The molecule has 168 valence electrons. The standard InChI is InChI=1S/C22H28N2O6S/c1-22(2,3)16-9-12-19(29-6)18(13-16)23-20(25)14-30-21(26)15-7-10-17(11-8-15)31(27,28)24(4)5/h7-13H,14H2,1-6H3,(H,23,25). The van der Waals surface area contributed by atoms with Gasteiger partial charge in [-0.2, -0.15) is 0 Å². The molecule has 0 unspecified atom stereocenters. The van der Waals surface area contributed by atoms with Gasteiger partial charge in [0.1, 0.15) is 5.75 Å². The number of carbonyl (C=O) groups excluding carboxylic acids is 2. The van der Waals surface area contributed by atoms with Crippen molar-refractivity contribution in [1.29, 1.82) is 0 Å². The molecule has 0 bridgehead atoms. The summed E-state index contributed by atoms with van der Waals surface area (Å²) < 4.78 is 35.6. The first-order valence-corrected chi connectivity index (χ1v) is 11.0. The van der Waals surface area contributed by atoms with E-state index in [1.54, 1.807) is 6.07 Å². The molecule has 0 heterocycles. The average Bonchev–Trinajstić information content (AvgIpc) is 2.71. The van der Waals surface area contributed by atoms with Gasteiger partial charge in [-0.05, 0) is 47.4 Å². The maximum absolute atomic E-state index is 12.3. The topological polar surface area (TPSA) is 102 Å². The van der Waals surface area contributed by atoms with Crippen LogP contribution in [-0.4, -0.2) is 52.4 Å². The van der Waals surface area contributed by atoms with Crippen molar-refractivity contribution in [3.8, 4) is 5.75 Å². The van der Waals surface area contributed by atoms with Crippen molar-refractivity contribution in [2.45, 2.75) is 31.1 Å². The molecule has 0 aliphatic heterocycles. The van der Waals surface area contributed by atoms with Crippen LogP contribution in [0.1, 0.15) is 36.7 Å². The predicted molar refractivity (Wildman–Crippen MR) is 118 cm³/mol. The Labute approximate surface area is 183 Å². The van der Waals surface area contributed by atoms with Gasteiger partial charge in [-0.25, -0.2) is 17.5 Å². The molecule has 0 aliphatic carbocycles. The van der Waals surface area contributed by atoms with Crippen LogP contribution in [0.5, 0.6) is 5.75 Å². The van der Waals surface area contributed by atoms with Gasteiger partial charge >= 0.3 is 5.97 Å². The molecule has 0 saturated carbocycles. The number of carbonyl (C=O) groups is 2. The number of nitrogens with zero attached hydrogens (tertiary/aromatic N) is 1. The lowest BCUT2D eigenvalue weighted by atomic mass is 9.87. The fraction of sp³-hybridized carbons (Fsp3) is 0.364. The molecule has 1 amide bonds. The number of methoxy groups -OCH3 is 1. The maximum atomic E-state index is 12.3. The van der Waals surface area contributed by atoms with Gasteiger partial charge < -0.3 is 14.8 Å². The van der Waals surface area contributed by atoms with Gasteiger partial charge in [0.05, 0.1) is 23.3 Å². The Morgan fingerprint density at radius 2 is 1.65 bits per heavy atom. The Kier molecular flexibility index (Phi) is 7.45.